The van der Waals surface area contributed by atoms with E-state index in [1.807, 2.05) is 0 Å². The minimum Gasteiger partial charge on any atom is -0.481 e. The molecule has 0 bridgehead atoms. The van der Waals surface area contributed by atoms with Gasteiger partial charge in [0.15, 0.2) is 0 Å². The molecular formula is C13H16F2N2O3. The van der Waals surface area contributed by atoms with Crippen LogP contribution in [0, 0.1) is 11.6 Å². The van der Waals surface area contributed by atoms with Crippen LogP contribution in [0.5, 0.6) is 0 Å². The van der Waals surface area contributed by atoms with Crippen molar-refractivity contribution < 1.29 is 23.5 Å². The topological polar surface area (TPSA) is 69.6 Å². The number of urea groups is 1. The first-order valence-electron chi connectivity index (χ1n) is 6.13. The van der Waals surface area contributed by atoms with E-state index < -0.39 is 23.6 Å². The van der Waals surface area contributed by atoms with Crippen molar-refractivity contribution in [3.63, 3.8) is 0 Å². The fourth-order valence-corrected chi connectivity index (χ4v) is 1.59. The second kappa shape index (κ2) is 7.42. The number of hydrogen-bond donors (Lipinski definition) is 2. The van der Waals surface area contributed by atoms with Crippen molar-refractivity contribution in [2.24, 2.45) is 0 Å². The summed E-state index contributed by atoms with van der Waals surface area (Å²) in [7, 11) is 0. The van der Waals surface area contributed by atoms with E-state index in [4.69, 9.17) is 5.11 Å². The highest BCUT2D eigenvalue weighted by Gasteiger charge is 2.16. The van der Waals surface area contributed by atoms with Crippen molar-refractivity contribution in [1.29, 1.82) is 0 Å². The summed E-state index contributed by atoms with van der Waals surface area (Å²) in [6.45, 7) is 1.65. The maximum Gasteiger partial charge on any atom is 0.317 e. The predicted octanol–water partition coefficient (Wildman–Crippen LogP) is 1.97. The molecule has 0 spiro atoms. The van der Waals surface area contributed by atoms with Gasteiger partial charge in [0.1, 0.15) is 11.6 Å². The molecule has 2 amide bonds. The number of hydrogen-bond acceptors (Lipinski definition) is 2. The molecule has 1 aromatic rings. The van der Waals surface area contributed by atoms with E-state index in [2.05, 4.69) is 5.32 Å². The molecule has 0 aliphatic heterocycles. The lowest BCUT2D eigenvalue weighted by atomic mass is 10.2. The number of halogens is 2. The van der Waals surface area contributed by atoms with Gasteiger partial charge in [-0.3, -0.25) is 4.79 Å². The quantitative estimate of drug-likeness (QED) is 0.840. The lowest BCUT2D eigenvalue weighted by Gasteiger charge is -2.21. The van der Waals surface area contributed by atoms with Gasteiger partial charge in [-0.2, -0.15) is 0 Å². The fraction of sp³-hybridized carbons (Fsp3) is 0.385. The van der Waals surface area contributed by atoms with Crippen LogP contribution in [0.15, 0.2) is 18.2 Å². The smallest absolute Gasteiger partial charge is 0.317 e. The Morgan fingerprint density at radius 2 is 1.90 bits per heavy atom. The molecule has 0 saturated carbocycles. The van der Waals surface area contributed by atoms with Crippen molar-refractivity contribution in [3.05, 3.63) is 35.4 Å². The zero-order chi connectivity index (χ0) is 15.1. The van der Waals surface area contributed by atoms with E-state index in [1.165, 1.54) is 11.0 Å². The van der Waals surface area contributed by atoms with Crippen LogP contribution in [0.4, 0.5) is 13.6 Å². The zero-order valence-electron chi connectivity index (χ0n) is 11.0. The summed E-state index contributed by atoms with van der Waals surface area (Å²) in [5.74, 6) is -2.47. The van der Waals surface area contributed by atoms with Gasteiger partial charge < -0.3 is 15.3 Å². The minimum atomic E-state index is -1.03. The molecule has 1 aromatic carbocycles. The summed E-state index contributed by atoms with van der Waals surface area (Å²) in [6, 6.07) is 2.93. The first-order valence-corrected chi connectivity index (χ1v) is 6.13. The summed E-state index contributed by atoms with van der Waals surface area (Å²) in [5.41, 5.74) is -0.192. The predicted molar refractivity (Wildman–Crippen MR) is 68.1 cm³/mol. The van der Waals surface area contributed by atoms with E-state index >= 15 is 0 Å². The highest BCUT2D eigenvalue weighted by Crippen LogP contribution is 2.14. The third kappa shape index (κ3) is 4.49. The zero-order valence-corrected chi connectivity index (χ0v) is 11.0. The van der Waals surface area contributed by atoms with Gasteiger partial charge in [-0.15, -0.1) is 0 Å². The fourth-order valence-electron chi connectivity index (χ4n) is 1.59. The molecule has 0 aliphatic rings. The monoisotopic (exact) mass is 286 g/mol. The Hall–Kier alpha value is -2.18. The van der Waals surface area contributed by atoms with Crippen molar-refractivity contribution in [2.75, 3.05) is 13.1 Å². The number of nitrogens with zero attached hydrogens (tertiary/aromatic N) is 1. The number of carboxylic acid groups (broad SMARTS) is 1. The Morgan fingerprint density at radius 3 is 2.40 bits per heavy atom. The standard InChI is InChI=1S/C13H16F2N2O3/c1-2-17(13(20)16-7-6-12(18)19)8-9-10(14)4-3-5-11(9)15/h3-5H,2,6-8H2,1H3,(H,16,20)(H,18,19). The third-order valence-corrected chi connectivity index (χ3v) is 2.69. The second-order valence-corrected chi connectivity index (χ2v) is 4.09. The molecular weight excluding hydrogens is 270 g/mol. The van der Waals surface area contributed by atoms with Crippen LogP contribution in [0.1, 0.15) is 18.9 Å². The Labute approximate surface area is 115 Å². The molecule has 0 fully saturated rings. The number of aliphatic carboxylic acids is 1. The third-order valence-electron chi connectivity index (χ3n) is 2.69. The summed E-state index contributed by atoms with van der Waals surface area (Å²) in [4.78, 5) is 23.3. The van der Waals surface area contributed by atoms with Crippen molar-refractivity contribution in [1.82, 2.24) is 10.2 Å². The Balaban J connectivity index is 2.67. The van der Waals surface area contributed by atoms with Crippen LogP contribution in [0.25, 0.3) is 0 Å². The Morgan fingerprint density at radius 1 is 1.30 bits per heavy atom. The van der Waals surface area contributed by atoms with E-state index in [1.54, 1.807) is 6.92 Å². The number of carboxylic acids is 1. The maximum absolute atomic E-state index is 13.5. The van der Waals surface area contributed by atoms with Gasteiger partial charge in [0.25, 0.3) is 0 Å². The van der Waals surface area contributed by atoms with Gasteiger partial charge in [-0.1, -0.05) is 6.07 Å². The van der Waals surface area contributed by atoms with Crippen molar-refractivity contribution in [3.8, 4) is 0 Å². The number of carbonyl (C=O) groups is 2. The van der Waals surface area contributed by atoms with E-state index in [9.17, 15) is 18.4 Å². The summed E-state index contributed by atoms with van der Waals surface area (Å²) in [6.07, 6.45) is -0.211. The Bertz CT molecular complexity index is 474. The maximum atomic E-state index is 13.5. The minimum absolute atomic E-state index is 0.0373. The van der Waals surface area contributed by atoms with Gasteiger partial charge in [-0.25, -0.2) is 13.6 Å². The molecule has 1 rings (SSSR count). The molecule has 2 N–H and O–H groups in total. The van der Waals surface area contributed by atoms with Crippen LogP contribution in [-0.2, 0) is 11.3 Å². The lowest BCUT2D eigenvalue weighted by Crippen LogP contribution is -2.40. The Kier molecular flexibility index (Phi) is 5.89. The SMILES string of the molecule is CCN(Cc1c(F)cccc1F)C(=O)NCCC(=O)O. The van der Waals surface area contributed by atoms with Crippen LogP contribution >= 0.6 is 0 Å². The molecule has 0 heterocycles. The largest absolute Gasteiger partial charge is 0.481 e. The van der Waals surface area contributed by atoms with Crippen molar-refractivity contribution in [2.45, 2.75) is 19.9 Å². The highest BCUT2D eigenvalue weighted by atomic mass is 19.1. The van der Waals surface area contributed by atoms with E-state index in [0.717, 1.165) is 12.1 Å². The number of nitrogens with one attached hydrogen (secondary N) is 1. The number of benzene rings is 1. The molecule has 0 radical (unpaired) electrons. The number of carbonyl (C=O) groups excluding carboxylic acids is 1. The average Bonchev–Trinajstić information content (AvgIpc) is 2.38. The van der Waals surface area contributed by atoms with Crippen molar-refractivity contribution >= 4 is 12.0 Å². The van der Waals surface area contributed by atoms with Gasteiger partial charge in [0.05, 0.1) is 13.0 Å². The molecule has 0 saturated heterocycles. The van der Waals surface area contributed by atoms with Crippen LogP contribution in [-0.4, -0.2) is 35.1 Å². The lowest BCUT2D eigenvalue weighted by molar-refractivity contribution is -0.136. The number of rotatable bonds is 6. The normalized spacial score (nSPS) is 10.2. The van der Waals surface area contributed by atoms with E-state index in [-0.39, 0.29) is 31.6 Å². The van der Waals surface area contributed by atoms with Crippen LogP contribution in [0.2, 0.25) is 0 Å². The molecule has 20 heavy (non-hydrogen) atoms. The summed E-state index contributed by atoms with van der Waals surface area (Å²) in [5, 5.41) is 10.9. The average molecular weight is 286 g/mol. The molecule has 0 unspecified atom stereocenters. The highest BCUT2D eigenvalue weighted by molar-refractivity contribution is 5.75. The van der Waals surface area contributed by atoms with Gasteiger partial charge in [0, 0.05) is 18.7 Å². The van der Waals surface area contributed by atoms with Gasteiger partial charge in [-0.05, 0) is 19.1 Å². The molecule has 7 heteroatoms. The molecule has 0 aliphatic carbocycles. The number of amides is 2. The second-order valence-electron chi connectivity index (χ2n) is 4.09. The summed E-state index contributed by atoms with van der Waals surface area (Å²) < 4.78 is 27.0. The molecule has 0 aromatic heterocycles. The molecule has 5 nitrogen and oxygen atoms in total. The molecule has 0 atom stereocenters. The summed E-state index contributed by atoms with van der Waals surface area (Å²) >= 11 is 0. The molecule has 110 valence electrons. The first kappa shape index (κ1) is 15.9. The van der Waals surface area contributed by atoms with E-state index in [0.29, 0.717) is 0 Å². The van der Waals surface area contributed by atoms with Gasteiger partial charge in [0.2, 0.25) is 0 Å². The first-order chi connectivity index (χ1) is 9.45. The van der Waals surface area contributed by atoms with Crippen LogP contribution in [0.3, 0.4) is 0 Å². The van der Waals surface area contributed by atoms with Crippen LogP contribution < -0.4 is 5.32 Å². The van der Waals surface area contributed by atoms with Gasteiger partial charge >= 0.3 is 12.0 Å².